The molecule has 2 heterocycles. The first-order valence-electron chi connectivity index (χ1n) is 12.3. The van der Waals surface area contributed by atoms with Gasteiger partial charge in [0.1, 0.15) is 22.4 Å². The lowest BCUT2D eigenvalue weighted by atomic mass is 10.1. The van der Waals surface area contributed by atoms with Crippen molar-refractivity contribution in [2.24, 2.45) is 0 Å². The van der Waals surface area contributed by atoms with Crippen molar-refractivity contribution >= 4 is 26.6 Å². The van der Waals surface area contributed by atoms with Gasteiger partial charge in [-0.2, -0.15) is 10.4 Å². The predicted molar refractivity (Wildman–Crippen MR) is 136 cm³/mol. The number of hydrogen-bond acceptors (Lipinski definition) is 8. The Balaban J connectivity index is 1.42. The van der Waals surface area contributed by atoms with Gasteiger partial charge in [0.25, 0.3) is 17.3 Å². The molecule has 192 valence electrons. The van der Waals surface area contributed by atoms with Crippen molar-refractivity contribution in [2.75, 3.05) is 6.61 Å². The quantitative estimate of drug-likeness (QED) is 0.428. The lowest BCUT2D eigenvalue weighted by molar-refractivity contribution is 0.0949. The van der Waals surface area contributed by atoms with Gasteiger partial charge in [0.2, 0.25) is 0 Å². The lowest BCUT2D eigenvalue weighted by Crippen LogP contribution is -2.34. The maximum atomic E-state index is 13.4. The van der Waals surface area contributed by atoms with Crippen LogP contribution in [0.2, 0.25) is 0 Å². The van der Waals surface area contributed by atoms with Crippen molar-refractivity contribution in [1.82, 2.24) is 20.1 Å². The summed E-state index contributed by atoms with van der Waals surface area (Å²) in [4.78, 5) is 26.4. The van der Waals surface area contributed by atoms with E-state index in [2.05, 4.69) is 15.5 Å². The number of sulfone groups is 1. The molecule has 0 atom stereocenters. The number of nitriles is 1. The number of aromatic nitrogens is 3. The van der Waals surface area contributed by atoms with Gasteiger partial charge in [-0.1, -0.05) is 19.1 Å². The molecular weight excluding hydrogens is 494 g/mol. The van der Waals surface area contributed by atoms with E-state index >= 15 is 0 Å². The second-order valence-corrected chi connectivity index (χ2v) is 12.3. The summed E-state index contributed by atoms with van der Waals surface area (Å²) in [7, 11) is -3.27. The minimum atomic E-state index is -3.27. The van der Waals surface area contributed by atoms with E-state index < -0.39 is 26.1 Å². The van der Waals surface area contributed by atoms with Crippen LogP contribution in [0, 0.1) is 11.3 Å². The molecule has 1 amide bonds. The number of aryl methyl sites for hydroxylation is 1. The number of carbonyl (C=O) groups is 1. The topological polar surface area (TPSA) is 144 Å². The largest absolute Gasteiger partial charge is 0.473 e. The SMILES string of the molecule is CCCn1c(=O)c(C(=O)NCc2ccc(C#N)cc2)cc2cnnc(OCC3(S(=O)(=O)C4CC4)CC3)c21. The van der Waals surface area contributed by atoms with E-state index in [0.29, 0.717) is 55.1 Å². The van der Waals surface area contributed by atoms with Crippen molar-refractivity contribution in [2.45, 2.75) is 62.1 Å². The molecule has 0 aliphatic heterocycles. The number of fused-ring (bicyclic) bond motifs is 1. The van der Waals surface area contributed by atoms with Crippen LogP contribution >= 0.6 is 0 Å². The molecule has 2 fully saturated rings. The van der Waals surface area contributed by atoms with Gasteiger partial charge in [0, 0.05) is 18.5 Å². The third kappa shape index (κ3) is 4.69. The third-order valence-corrected chi connectivity index (χ3v) is 10.0. The van der Waals surface area contributed by atoms with E-state index in [-0.39, 0.29) is 29.8 Å². The number of nitrogens with one attached hydrogen (secondary N) is 1. The highest BCUT2D eigenvalue weighted by Crippen LogP contribution is 2.50. The molecule has 37 heavy (non-hydrogen) atoms. The molecule has 2 saturated carbocycles. The van der Waals surface area contributed by atoms with Crippen molar-refractivity contribution in [1.29, 1.82) is 5.26 Å². The standard InChI is InChI=1S/C26H27N5O5S/c1-2-11-31-22-19(12-21(25(31)33)23(32)28-14-18-5-3-17(13-27)4-6-18)15-29-30-24(22)36-16-26(9-10-26)37(34,35)20-7-8-20/h3-6,12,15,20H,2,7-11,14,16H2,1H3,(H,28,32). The highest BCUT2D eigenvalue weighted by Gasteiger charge is 2.60. The van der Waals surface area contributed by atoms with Crippen molar-refractivity contribution in [3.05, 3.63) is 63.6 Å². The zero-order valence-corrected chi connectivity index (χ0v) is 21.3. The average Bonchev–Trinajstić information content (AvgIpc) is 3.82. The van der Waals surface area contributed by atoms with Crippen LogP contribution in [0.15, 0.2) is 41.3 Å². The van der Waals surface area contributed by atoms with Crippen molar-refractivity contribution in [3.8, 4) is 11.9 Å². The fourth-order valence-electron chi connectivity index (χ4n) is 4.47. The normalized spacial score (nSPS) is 16.2. The summed E-state index contributed by atoms with van der Waals surface area (Å²) < 4.78 is 32.2. The molecule has 0 spiro atoms. The summed E-state index contributed by atoms with van der Waals surface area (Å²) >= 11 is 0. The van der Waals surface area contributed by atoms with Gasteiger partial charge in [0.05, 0.1) is 23.1 Å². The first-order valence-corrected chi connectivity index (χ1v) is 13.9. The maximum absolute atomic E-state index is 13.4. The predicted octanol–water partition coefficient (Wildman–Crippen LogP) is 2.49. The fraction of sp³-hybridized carbons (Fsp3) is 0.423. The van der Waals surface area contributed by atoms with E-state index in [1.165, 1.54) is 16.8 Å². The molecule has 2 aliphatic rings. The number of pyridine rings is 1. The van der Waals surface area contributed by atoms with Crippen molar-refractivity contribution in [3.63, 3.8) is 0 Å². The van der Waals surface area contributed by atoms with Crippen LogP contribution in [0.5, 0.6) is 5.88 Å². The van der Waals surface area contributed by atoms with Gasteiger partial charge < -0.3 is 14.6 Å². The first kappa shape index (κ1) is 24.9. The van der Waals surface area contributed by atoms with Gasteiger partial charge in [0.15, 0.2) is 9.84 Å². The number of rotatable bonds is 10. The monoisotopic (exact) mass is 521 g/mol. The summed E-state index contributed by atoms with van der Waals surface area (Å²) in [5.74, 6) is -0.447. The Morgan fingerprint density at radius 2 is 2.00 bits per heavy atom. The summed E-state index contributed by atoms with van der Waals surface area (Å²) in [5.41, 5.74) is 1.17. The summed E-state index contributed by atoms with van der Waals surface area (Å²) in [6, 6.07) is 10.3. The van der Waals surface area contributed by atoms with E-state index in [9.17, 15) is 18.0 Å². The number of nitrogens with zero attached hydrogens (tertiary/aromatic N) is 4. The molecule has 2 aliphatic carbocycles. The van der Waals surface area contributed by atoms with E-state index in [1.807, 2.05) is 13.0 Å². The molecule has 3 aromatic rings. The van der Waals surface area contributed by atoms with Gasteiger partial charge >= 0.3 is 0 Å². The minimum absolute atomic E-state index is 0.0349. The van der Waals surface area contributed by atoms with Crippen LogP contribution in [-0.4, -0.2) is 45.7 Å². The molecule has 2 aromatic heterocycles. The highest BCUT2D eigenvalue weighted by atomic mass is 32.2. The number of hydrogen-bond donors (Lipinski definition) is 1. The average molecular weight is 522 g/mol. The van der Waals surface area contributed by atoms with Crippen LogP contribution in [0.4, 0.5) is 0 Å². The van der Waals surface area contributed by atoms with Gasteiger partial charge in [-0.05, 0) is 55.9 Å². The van der Waals surface area contributed by atoms with Crippen LogP contribution in [0.25, 0.3) is 10.9 Å². The van der Waals surface area contributed by atoms with Gasteiger partial charge in [-0.15, -0.1) is 5.10 Å². The Kier molecular flexibility index (Phi) is 6.45. The van der Waals surface area contributed by atoms with E-state index in [0.717, 1.165) is 5.56 Å². The number of carbonyl (C=O) groups excluding carboxylic acids is 1. The Labute approximate surface area is 214 Å². The number of ether oxygens (including phenoxy) is 1. The molecule has 10 nitrogen and oxygen atoms in total. The molecule has 1 N–H and O–H groups in total. The number of amides is 1. The van der Waals surface area contributed by atoms with Gasteiger partial charge in [-0.3, -0.25) is 9.59 Å². The molecule has 0 radical (unpaired) electrons. The first-order chi connectivity index (χ1) is 17.8. The molecule has 5 rings (SSSR count). The molecule has 0 bridgehead atoms. The molecule has 1 aromatic carbocycles. The van der Waals surface area contributed by atoms with E-state index in [1.54, 1.807) is 24.3 Å². The van der Waals surface area contributed by atoms with E-state index in [4.69, 9.17) is 10.00 Å². The maximum Gasteiger partial charge on any atom is 0.264 e. The second kappa shape index (κ2) is 9.59. The van der Waals surface area contributed by atoms with Crippen LogP contribution in [0.3, 0.4) is 0 Å². The Morgan fingerprint density at radius 3 is 2.62 bits per heavy atom. The van der Waals surface area contributed by atoms with Crippen LogP contribution in [0.1, 0.15) is 60.5 Å². The smallest absolute Gasteiger partial charge is 0.264 e. The fourth-order valence-corrected chi connectivity index (χ4v) is 6.83. The van der Waals surface area contributed by atoms with Crippen LogP contribution < -0.4 is 15.6 Å². The molecule has 0 saturated heterocycles. The summed E-state index contributed by atoms with van der Waals surface area (Å²) in [5, 5.41) is 20.0. The summed E-state index contributed by atoms with van der Waals surface area (Å²) in [6.07, 6.45) is 4.57. The lowest BCUT2D eigenvalue weighted by Gasteiger charge is -2.18. The van der Waals surface area contributed by atoms with Crippen molar-refractivity contribution < 1.29 is 17.9 Å². The number of benzene rings is 1. The Morgan fingerprint density at radius 1 is 1.27 bits per heavy atom. The highest BCUT2D eigenvalue weighted by molar-refractivity contribution is 7.94. The third-order valence-electron chi connectivity index (χ3n) is 6.94. The Bertz CT molecular complexity index is 1570. The molecular formula is C26H27N5O5S. The molecule has 11 heteroatoms. The van der Waals surface area contributed by atoms with Gasteiger partial charge in [-0.25, -0.2) is 8.42 Å². The minimum Gasteiger partial charge on any atom is -0.473 e. The summed E-state index contributed by atoms with van der Waals surface area (Å²) in [6.45, 7) is 2.38. The molecule has 0 unspecified atom stereocenters. The van der Waals surface area contributed by atoms with Crippen LogP contribution in [-0.2, 0) is 22.9 Å². The Hall–Kier alpha value is -3.78. The second-order valence-electron chi connectivity index (χ2n) is 9.68. The zero-order chi connectivity index (χ0) is 26.2. The zero-order valence-electron chi connectivity index (χ0n) is 20.4.